The van der Waals surface area contributed by atoms with Crippen LogP contribution in [0.4, 0.5) is 5.69 Å². The lowest BCUT2D eigenvalue weighted by Gasteiger charge is -2.12. The maximum absolute atomic E-state index is 12.2. The Balaban J connectivity index is 0.00000392. The predicted octanol–water partition coefficient (Wildman–Crippen LogP) is 3.55. The number of halogens is 2. The Morgan fingerprint density at radius 3 is 2.86 bits per heavy atom. The molecule has 0 fully saturated rings. The highest BCUT2D eigenvalue weighted by molar-refractivity contribution is 14.0. The third kappa shape index (κ3) is 9.05. The first-order valence-electron chi connectivity index (χ1n) is 9.14. The van der Waals surface area contributed by atoms with Crippen LogP contribution < -0.4 is 16.0 Å². The molecule has 1 heterocycles. The lowest BCUT2D eigenvalue weighted by molar-refractivity contribution is -0.116. The second kappa shape index (κ2) is 13.5. The van der Waals surface area contributed by atoms with E-state index in [1.54, 1.807) is 6.20 Å². The monoisotopic (exact) mass is 562 g/mol. The van der Waals surface area contributed by atoms with Crippen molar-refractivity contribution in [3.63, 3.8) is 0 Å². The molecule has 0 aliphatic rings. The van der Waals surface area contributed by atoms with Crippen molar-refractivity contribution in [2.45, 2.75) is 33.2 Å². The number of amides is 1. The van der Waals surface area contributed by atoms with Gasteiger partial charge >= 0.3 is 0 Å². The summed E-state index contributed by atoms with van der Waals surface area (Å²) >= 11 is 3.42. The predicted molar refractivity (Wildman–Crippen MR) is 128 cm³/mol. The lowest BCUT2D eigenvalue weighted by Crippen LogP contribution is -2.38. The van der Waals surface area contributed by atoms with E-state index in [1.807, 2.05) is 49.0 Å². The highest BCUT2D eigenvalue weighted by Crippen LogP contribution is 2.20. The van der Waals surface area contributed by atoms with E-state index in [1.165, 1.54) is 0 Å². The molecule has 2 rings (SSSR count). The van der Waals surface area contributed by atoms with E-state index in [9.17, 15) is 4.79 Å². The summed E-state index contributed by atoms with van der Waals surface area (Å²) in [6, 6.07) is 7.75. The summed E-state index contributed by atoms with van der Waals surface area (Å²) in [5.74, 6) is 0.697. The molecule has 28 heavy (non-hydrogen) atoms. The highest BCUT2D eigenvalue weighted by Gasteiger charge is 2.06. The zero-order valence-corrected chi connectivity index (χ0v) is 20.2. The molecule has 0 spiro atoms. The number of aliphatic imine (C=N–C) groups is 1. The number of nitrogens with one attached hydrogen (secondary N) is 3. The number of hydrogen-bond donors (Lipinski definition) is 3. The summed E-state index contributed by atoms with van der Waals surface area (Å²) in [7, 11) is 0. The average Bonchev–Trinajstić information content (AvgIpc) is 3.15. The zero-order valence-electron chi connectivity index (χ0n) is 16.2. The van der Waals surface area contributed by atoms with Crippen LogP contribution in [-0.2, 0) is 11.3 Å². The normalized spacial score (nSPS) is 10.9. The lowest BCUT2D eigenvalue weighted by atomic mass is 10.2. The molecule has 1 aromatic heterocycles. The fourth-order valence-corrected chi connectivity index (χ4v) is 2.80. The molecule has 7 nitrogen and oxygen atoms in total. The number of anilines is 1. The number of guanidine groups is 1. The second-order valence-electron chi connectivity index (χ2n) is 6.07. The van der Waals surface area contributed by atoms with Crippen LogP contribution in [0.1, 0.15) is 25.3 Å². The van der Waals surface area contributed by atoms with Gasteiger partial charge < -0.3 is 16.0 Å². The Morgan fingerprint density at radius 1 is 1.32 bits per heavy atom. The molecular formula is C19H28BrIN6O. The van der Waals surface area contributed by atoms with Crippen LogP contribution in [0.3, 0.4) is 0 Å². The van der Waals surface area contributed by atoms with Crippen molar-refractivity contribution in [3.05, 3.63) is 46.7 Å². The van der Waals surface area contributed by atoms with Gasteiger partial charge in [0.15, 0.2) is 5.96 Å². The number of aryl methyl sites for hydroxylation is 2. The smallest absolute Gasteiger partial charge is 0.226 e. The SMILES string of the molecule is CCNC(=NCCCn1cccn1)NCCC(=O)Nc1cc(Br)ccc1C.I. The minimum atomic E-state index is -0.0294. The molecule has 0 radical (unpaired) electrons. The molecule has 0 bridgehead atoms. The first-order valence-corrected chi connectivity index (χ1v) is 9.93. The van der Waals surface area contributed by atoms with Crippen LogP contribution in [0.2, 0.25) is 0 Å². The van der Waals surface area contributed by atoms with Gasteiger partial charge in [-0.05, 0) is 44.0 Å². The van der Waals surface area contributed by atoms with Gasteiger partial charge in [0.25, 0.3) is 0 Å². The average molecular weight is 563 g/mol. The van der Waals surface area contributed by atoms with Gasteiger partial charge in [0.1, 0.15) is 0 Å². The molecule has 0 atom stereocenters. The maximum Gasteiger partial charge on any atom is 0.226 e. The van der Waals surface area contributed by atoms with Crippen LogP contribution in [0, 0.1) is 6.92 Å². The maximum atomic E-state index is 12.2. The van der Waals surface area contributed by atoms with Crippen molar-refractivity contribution in [1.82, 2.24) is 20.4 Å². The first kappa shape index (κ1) is 24.4. The summed E-state index contributed by atoms with van der Waals surface area (Å²) in [6.45, 7) is 6.81. The fraction of sp³-hybridized carbons (Fsp3) is 0.421. The molecule has 0 saturated heterocycles. The van der Waals surface area contributed by atoms with E-state index in [-0.39, 0.29) is 29.9 Å². The van der Waals surface area contributed by atoms with Crippen molar-refractivity contribution < 1.29 is 4.79 Å². The van der Waals surface area contributed by atoms with E-state index < -0.39 is 0 Å². The largest absolute Gasteiger partial charge is 0.357 e. The Kier molecular flexibility index (Phi) is 11.8. The minimum Gasteiger partial charge on any atom is -0.357 e. The van der Waals surface area contributed by atoms with Gasteiger partial charge in [0, 0.05) is 55.2 Å². The zero-order chi connectivity index (χ0) is 19.5. The third-order valence-corrected chi connectivity index (χ3v) is 4.33. The van der Waals surface area contributed by atoms with Gasteiger partial charge in [-0.25, -0.2) is 0 Å². The molecule has 9 heteroatoms. The summed E-state index contributed by atoms with van der Waals surface area (Å²) in [4.78, 5) is 16.7. The molecular weight excluding hydrogens is 535 g/mol. The molecule has 1 aromatic carbocycles. The summed E-state index contributed by atoms with van der Waals surface area (Å²) in [5.41, 5.74) is 1.86. The van der Waals surface area contributed by atoms with Crippen LogP contribution in [0.15, 0.2) is 46.1 Å². The molecule has 0 unspecified atom stereocenters. The van der Waals surface area contributed by atoms with E-state index >= 15 is 0 Å². The van der Waals surface area contributed by atoms with Crippen molar-refractivity contribution in [3.8, 4) is 0 Å². The number of rotatable bonds is 9. The molecule has 0 saturated carbocycles. The number of aromatic nitrogens is 2. The van der Waals surface area contributed by atoms with Crippen molar-refractivity contribution >= 4 is 57.5 Å². The van der Waals surface area contributed by atoms with Crippen LogP contribution in [0.5, 0.6) is 0 Å². The topological polar surface area (TPSA) is 83.3 Å². The summed E-state index contributed by atoms with van der Waals surface area (Å²) in [5, 5.41) is 13.5. The first-order chi connectivity index (χ1) is 13.1. The number of carbonyl (C=O) groups excluding carboxylic acids is 1. The number of hydrogen-bond acceptors (Lipinski definition) is 3. The Hall–Kier alpha value is -1.62. The number of nitrogens with zero attached hydrogens (tertiary/aromatic N) is 3. The van der Waals surface area contributed by atoms with Gasteiger partial charge in [-0.15, -0.1) is 24.0 Å². The molecule has 154 valence electrons. The Morgan fingerprint density at radius 2 is 2.14 bits per heavy atom. The van der Waals surface area contributed by atoms with Crippen LogP contribution in [-0.4, -0.2) is 41.3 Å². The summed E-state index contributed by atoms with van der Waals surface area (Å²) in [6.07, 6.45) is 4.99. The van der Waals surface area contributed by atoms with Crippen molar-refractivity contribution in [2.75, 3.05) is 25.0 Å². The van der Waals surface area contributed by atoms with Crippen molar-refractivity contribution in [1.29, 1.82) is 0 Å². The second-order valence-corrected chi connectivity index (χ2v) is 6.98. The van der Waals surface area contributed by atoms with E-state index in [2.05, 4.69) is 42.0 Å². The Labute approximate surface area is 191 Å². The van der Waals surface area contributed by atoms with Gasteiger partial charge in [0.2, 0.25) is 5.91 Å². The quantitative estimate of drug-likeness (QED) is 0.189. The van der Waals surface area contributed by atoms with Gasteiger partial charge in [-0.2, -0.15) is 5.10 Å². The number of benzene rings is 1. The number of carbonyl (C=O) groups is 1. The van der Waals surface area contributed by atoms with Crippen molar-refractivity contribution in [2.24, 2.45) is 4.99 Å². The standard InChI is InChI=1S/C19H27BrN6O.HI/c1-3-21-19(22-9-4-12-26-13-5-10-24-26)23-11-8-18(27)25-17-14-16(20)7-6-15(17)2;/h5-7,10,13-14H,3-4,8-9,11-12H2,1-2H3,(H,25,27)(H2,21,22,23);1H. The highest BCUT2D eigenvalue weighted by atomic mass is 127. The minimum absolute atomic E-state index is 0. The van der Waals surface area contributed by atoms with E-state index in [4.69, 9.17) is 0 Å². The van der Waals surface area contributed by atoms with E-state index in [0.29, 0.717) is 19.5 Å². The molecule has 1 amide bonds. The third-order valence-electron chi connectivity index (χ3n) is 3.84. The van der Waals surface area contributed by atoms with Gasteiger partial charge in [-0.3, -0.25) is 14.5 Å². The van der Waals surface area contributed by atoms with Crippen LogP contribution >= 0.6 is 39.9 Å². The fourth-order valence-electron chi connectivity index (χ4n) is 2.43. The molecule has 0 aliphatic heterocycles. The molecule has 0 aliphatic carbocycles. The summed E-state index contributed by atoms with van der Waals surface area (Å²) < 4.78 is 2.84. The molecule has 3 N–H and O–H groups in total. The Bertz CT molecular complexity index is 751. The van der Waals surface area contributed by atoms with E-state index in [0.717, 1.165) is 41.2 Å². The molecule has 2 aromatic rings. The van der Waals surface area contributed by atoms with Gasteiger partial charge in [0.05, 0.1) is 0 Å². The van der Waals surface area contributed by atoms with Gasteiger partial charge in [-0.1, -0.05) is 22.0 Å². The van der Waals surface area contributed by atoms with Crippen LogP contribution in [0.25, 0.3) is 0 Å².